The van der Waals surface area contributed by atoms with Gasteiger partial charge in [-0.1, -0.05) is 0 Å². The van der Waals surface area contributed by atoms with Crippen molar-refractivity contribution in [3.05, 3.63) is 41.7 Å². The van der Waals surface area contributed by atoms with E-state index >= 15 is 0 Å². The van der Waals surface area contributed by atoms with Gasteiger partial charge < -0.3 is 20.2 Å². The first-order valence-corrected chi connectivity index (χ1v) is 7.85. The lowest BCUT2D eigenvalue weighted by atomic mass is 9.97. The van der Waals surface area contributed by atoms with Crippen molar-refractivity contribution in [3.8, 4) is 0 Å². The molecule has 1 aliphatic rings. The highest BCUT2D eigenvalue weighted by Gasteiger charge is 2.25. The van der Waals surface area contributed by atoms with Gasteiger partial charge in [0.05, 0.1) is 11.9 Å². The Balaban J connectivity index is 1.54. The van der Waals surface area contributed by atoms with Crippen molar-refractivity contribution in [2.45, 2.75) is 19.8 Å². The van der Waals surface area contributed by atoms with E-state index < -0.39 is 0 Å². The number of aromatic nitrogens is 3. The molecule has 3 N–H and O–H groups in total. The molecule has 122 valence electrons. The van der Waals surface area contributed by atoms with Gasteiger partial charge in [0.2, 0.25) is 0 Å². The van der Waals surface area contributed by atoms with Crippen molar-refractivity contribution >= 4 is 11.8 Å². The van der Waals surface area contributed by atoms with Gasteiger partial charge in [0, 0.05) is 37.7 Å². The number of imidazole rings is 1. The van der Waals surface area contributed by atoms with Crippen LogP contribution in [0.15, 0.2) is 24.8 Å². The van der Waals surface area contributed by atoms with Crippen LogP contribution < -0.4 is 5.32 Å². The van der Waals surface area contributed by atoms with Crippen molar-refractivity contribution in [3.63, 3.8) is 0 Å². The SMILES string of the molecule is Cc1[nH]cnc1C(=O)NCC1CCCN(C(=O)c2cc[nH]c2)C1. The molecule has 1 unspecified atom stereocenters. The molecule has 1 fully saturated rings. The third-order valence-electron chi connectivity index (χ3n) is 4.25. The van der Waals surface area contributed by atoms with E-state index in [0.29, 0.717) is 24.3 Å². The lowest BCUT2D eigenvalue weighted by molar-refractivity contribution is 0.0671. The molecule has 2 amide bonds. The zero-order valence-electron chi connectivity index (χ0n) is 13.1. The first-order valence-electron chi connectivity index (χ1n) is 7.85. The third-order valence-corrected chi connectivity index (χ3v) is 4.25. The maximum absolute atomic E-state index is 12.4. The molecular formula is C16H21N5O2. The Morgan fingerprint density at radius 3 is 3.04 bits per heavy atom. The van der Waals surface area contributed by atoms with Crippen LogP contribution in [0.4, 0.5) is 0 Å². The summed E-state index contributed by atoms with van der Waals surface area (Å²) in [6.07, 6.45) is 6.95. The Morgan fingerprint density at radius 2 is 2.35 bits per heavy atom. The molecule has 0 saturated carbocycles. The zero-order valence-corrected chi connectivity index (χ0v) is 13.1. The number of nitrogens with zero attached hydrogens (tertiary/aromatic N) is 2. The fraction of sp³-hybridized carbons (Fsp3) is 0.438. The average molecular weight is 315 g/mol. The predicted octanol–water partition coefficient (Wildman–Crippen LogP) is 1.33. The van der Waals surface area contributed by atoms with Gasteiger partial charge in [-0.2, -0.15) is 0 Å². The minimum atomic E-state index is -0.169. The lowest BCUT2D eigenvalue weighted by Gasteiger charge is -2.32. The molecule has 0 aliphatic carbocycles. The minimum absolute atomic E-state index is 0.0467. The number of carbonyl (C=O) groups is 2. The summed E-state index contributed by atoms with van der Waals surface area (Å²) in [5, 5.41) is 2.92. The van der Waals surface area contributed by atoms with Crippen LogP contribution in [0.5, 0.6) is 0 Å². The fourth-order valence-electron chi connectivity index (χ4n) is 2.96. The van der Waals surface area contributed by atoms with E-state index in [-0.39, 0.29) is 17.7 Å². The molecule has 2 aromatic heterocycles. The van der Waals surface area contributed by atoms with Gasteiger partial charge in [0.1, 0.15) is 5.69 Å². The topological polar surface area (TPSA) is 93.9 Å². The second kappa shape index (κ2) is 6.68. The Bertz CT molecular complexity index is 676. The number of hydrogen-bond acceptors (Lipinski definition) is 3. The number of H-pyrrole nitrogens is 2. The lowest BCUT2D eigenvalue weighted by Crippen LogP contribution is -2.43. The first-order chi connectivity index (χ1) is 11.1. The van der Waals surface area contributed by atoms with Gasteiger partial charge in [-0.3, -0.25) is 9.59 Å². The normalized spacial score (nSPS) is 18.0. The highest BCUT2D eigenvalue weighted by atomic mass is 16.2. The van der Waals surface area contributed by atoms with Crippen LogP contribution in [0, 0.1) is 12.8 Å². The number of rotatable bonds is 4. The van der Waals surface area contributed by atoms with E-state index in [1.165, 1.54) is 6.33 Å². The Hall–Kier alpha value is -2.57. The molecule has 0 aromatic carbocycles. The highest BCUT2D eigenvalue weighted by Crippen LogP contribution is 2.18. The summed E-state index contributed by atoms with van der Waals surface area (Å²) < 4.78 is 0. The van der Waals surface area contributed by atoms with Gasteiger partial charge in [-0.25, -0.2) is 4.98 Å². The second-order valence-electron chi connectivity index (χ2n) is 5.95. The van der Waals surface area contributed by atoms with Crippen LogP contribution in [0.3, 0.4) is 0 Å². The molecule has 1 atom stereocenters. The van der Waals surface area contributed by atoms with Crippen LogP contribution in [-0.4, -0.2) is 51.3 Å². The number of aryl methyl sites for hydroxylation is 1. The quantitative estimate of drug-likeness (QED) is 0.794. The Morgan fingerprint density at radius 1 is 1.48 bits per heavy atom. The van der Waals surface area contributed by atoms with Crippen LogP contribution in [0.1, 0.15) is 39.4 Å². The largest absolute Gasteiger partial charge is 0.367 e. The molecule has 2 aromatic rings. The predicted molar refractivity (Wildman–Crippen MR) is 85.1 cm³/mol. The van der Waals surface area contributed by atoms with E-state index in [9.17, 15) is 9.59 Å². The maximum Gasteiger partial charge on any atom is 0.271 e. The minimum Gasteiger partial charge on any atom is -0.367 e. The van der Waals surface area contributed by atoms with Gasteiger partial charge in [0.15, 0.2) is 0 Å². The number of carbonyl (C=O) groups excluding carboxylic acids is 2. The monoisotopic (exact) mass is 315 g/mol. The smallest absolute Gasteiger partial charge is 0.271 e. The van der Waals surface area contributed by atoms with Gasteiger partial charge in [-0.05, 0) is 31.7 Å². The molecule has 3 rings (SSSR count). The van der Waals surface area contributed by atoms with Crippen molar-refractivity contribution in [1.82, 2.24) is 25.2 Å². The average Bonchev–Trinajstić information content (AvgIpc) is 3.23. The van der Waals surface area contributed by atoms with Crippen LogP contribution in [0.2, 0.25) is 0 Å². The Kier molecular flexibility index (Phi) is 4.45. The first kappa shape index (κ1) is 15.3. The molecule has 0 radical (unpaired) electrons. The molecule has 1 aliphatic heterocycles. The molecule has 7 nitrogen and oxygen atoms in total. The fourth-order valence-corrected chi connectivity index (χ4v) is 2.96. The summed E-state index contributed by atoms with van der Waals surface area (Å²) in [6.45, 7) is 3.82. The van der Waals surface area contributed by atoms with Crippen molar-refractivity contribution < 1.29 is 9.59 Å². The molecule has 23 heavy (non-hydrogen) atoms. The van der Waals surface area contributed by atoms with Gasteiger partial charge >= 0.3 is 0 Å². The summed E-state index contributed by atoms with van der Waals surface area (Å²) in [6, 6.07) is 1.79. The van der Waals surface area contributed by atoms with E-state index in [1.54, 1.807) is 18.5 Å². The van der Waals surface area contributed by atoms with Crippen molar-refractivity contribution in [1.29, 1.82) is 0 Å². The number of nitrogens with one attached hydrogen (secondary N) is 3. The molecule has 3 heterocycles. The summed E-state index contributed by atoms with van der Waals surface area (Å²) in [5.41, 5.74) is 1.87. The molecule has 0 spiro atoms. The summed E-state index contributed by atoms with van der Waals surface area (Å²) in [7, 11) is 0. The summed E-state index contributed by atoms with van der Waals surface area (Å²) in [4.78, 5) is 36.2. The van der Waals surface area contributed by atoms with E-state index in [2.05, 4.69) is 20.3 Å². The van der Waals surface area contributed by atoms with Gasteiger partial charge in [-0.15, -0.1) is 0 Å². The highest BCUT2D eigenvalue weighted by molar-refractivity contribution is 5.94. The number of amides is 2. The number of likely N-dealkylation sites (tertiary alicyclic amines) is 1. The van der Waals surface area contributed by atoms with E-state index in [4.69, 9.17) is 0 Å². The van der Waals surface area contributed by atoms with Crippen molar-refractivity contribution in [2.24, 2.45) is 5.92 Å². The van der Waals surface area contributed by atoms with Crippen LogP contribution in [-0.2, 0) is 0 Å². The third kappa shape index (κ3) is 3.44. The maximum atomic E-state index is 12.4. The van der Waals surface area contributed by atoms with E-state index in [1.807, 2.05) is 11.8 Å². The molecule has 7 heteroatoms. The number of aromatic amines is 2. The molecule has 1 saturated heterocycles. The summed E-state index contributed by atoms with van der Waals surface area (Å²) in [5.74, 6) is 0.151. The van der Waals surface area contributed by atoms with Crippen LogP contribution in [0.25, 0.3) is 0 Å². The number of hydrogen-bond donors (Lipinski definition) is 3. The Labute approximate surface area is 134 Å². The van der Waals surface area contributed by atoms with Crippen molar-refractivity contribution in [2.75, 3.05) is 19.6 Å². The second-order valence-corrected chi connectivity index (χ2v) is 5.95. The van der Waals surface area contributed by atoms with E-state index in [0.717, 1.165) is 25.1 Å². The molecule has 0 bridgehead atoms. The zero-order chi connectivity index (χ0) is 16.2. The van der Waals surface area contributed by atoms with Gasteiger partial charge in [0.25, 0.3) is 11.8 Å². The number of piperidine rings is 1. The standard InChI is InChI=1S/C16H21N5O2/c1-11-14(20-10-19-11)15(22)18-7-12-3-2-6-21(9-12)16(23)13-4-5-17-8-13/h4-5,8,10,12,17H,2-3,6-7,9H2,1H3,(H,18,22)(H,19,20). The van der Waals surface area contributed by atoms with Crippen LogP contribution >= 0.6 is 0 Å². The molecular weight excluding hydrogens is 294 g/mol. The summed E-state index contributed by atoms with van der Waals surface area (Å²) >= 11 is 0.